The molecule has 7 heteroatoms. The maximum atomic E-state index is 9.92. The molecular formula is C21H27ClINO4. The van der Waals surface area contributed by atoms with Crippen LogP contribution in [-0.2, 0) is 9.47 Å². The summed E-state index contributed by atoms with van der Waals surface area (Å²) in [5, 5.41) is 14.1. The first-order valence-corrected chi connectivity index (χ1v) is 10.7. The largest absolute Gasteiger partial charge is 0.466 e. The minimum atomic E-state index is -0.186. The Morgan fingerprint density at radius 1 is 1.14 bits per heavy atom. The second-order valence-corrected chi connectivity index (χ2v) is 7.84. The topological polar surface area (TPSA) is 60.0 Å². The van der Waals surface area contributed by atoms with Gasteiger partial charge in [-0.2, -0.15) is 0 Å². The van der Waals surface area contributed by atoms with Gasteiger partial charge in [0.15, 0.2) is 6.79 Å². The zero-order valence-corrected chi connectivity index (χ0v) is 19.1. The molecule has 1 unspecified atom stereocenters. The highest BCUT2D eigenvalue weighted by Crippen LogP contribution is 2.36. The van der Waals surface area contributed by atoms with Crippen LogP contribution in [0.25, 0.3) is 0 Å². The van der Waals surface area contributed by atoms with Crippen LogP contribution in [0.3, 0.4) is 0 Å². The van der Waals surface area contributed by atoms with E-state index in [1.807, 2.05) is 42.5 Å². The predicted molar refractivity (Wildman–Crippen MR) is 120 cm³/mol. The predicted octanol–water partition coefficient (Wildman–Crippen LogP) is 4.72. The Balaban J connectivity index is 2.21. The van der Waals surface area contributed by atoms with E-state index < -0.39 is 0 Å². The molecule has 0 aliphatic heterocycles. The highest BCUT2D eigenvalue weighted by Gasteiger charge is 2.22. The lowest BCUT2D eigenvalue weighted by molar-refractivity contribution is -0.00950. The van der Waals surface area contributed by atoms with Gasteiger partial charge in [-0.25, -0.2) is 0 Å². The third-order valence-electron chi connectivity index (χ3n) is 4.33. The summed E-state index contributed by atoms with van der Waals surface area (Å²) in [6.45, 7) is 3.19. The van der Waals surface area contributed by atoms with E-state index >= 15 is 0 Å². The van der Waals surface area contributed by atoms with Crippen molar-refractivity contribution in [2.24, 2.45) is 0 Å². The second kappa shape index (κ2) is 12.6. The van der Waals surface area contributed by atoms with E-state index in [1.165, 1.54) is 0 Å². The summed E-state index contributed by atoms with van der Waals surface area (Å²) in [5.41, 5.74) is 1.98. The first kappa shape index (κ1) is 23.4. The summed E-state index contributed by atoms with van der Waals surface area (Å²) < 4.78 is 17.3. The molecule has 154 valence electrons. The van der Waals surface area contributed by atoms with Crippen molar-refractivity contribution in [2.75, 3.05) is 33.7 Å². The van der Waals surface area contributed by atoms with Gasteiger partial charge in [0.1, 0.15) is 5.75 Å². The minimum Gasteiger partial charge on any atom is -0.466 e. The lowest BCUT2D eigenvalue weighted by atomic mass is 10.00. The van der Waals surface area contributed by atoms with Gasteiger partial charge in [0.05, 0.1) is 29.4 Å². The number of nitrogens with one attached hydrogen (secondary N) is 1. The van der Waals surface area contributed by atoms with Crippen LogP contribution in [0.1, 0.15) is 36.6 Å². The molecule has 2 aromatic carbocycles. The first-order valence-electron chi connectivity index (χ1n) is 9.20. The van der Waals surface area contributed by atoms with Crippen LogP contribution in [0.2, 0.25) is 5.02 Å². The molecule has 2 aromatic rings. The number of aliphatic hydroxyl groups excluding tert-OH is 1. The van der Waals surface area contributed by atoms with Gasteiger partial charge < -0.3 is 24.6 Å². The molecule has 0 aliphatic rings. The number of hydrogen-bond donors (Lipinski definition) is 2. The summed E-state index contributed by atoms with van der Waals surface area (Å²) in [6, 6.07) is 13.4. The molecule has 2 atom stereocenters. The molecule has 0 aromatic heterocycles. The Bertz CT molecular complexity index is 717. The van der Waals surface area contributed by atoms with Crippen molar-refractivity contribution in [3.05, 3.63) is 62.2 Å². The Hall–Kier alpha value is -0.900. The molecule has 0 radical (unpaired) electrons. The van der Waals surface area contributed by atoms with E-state index in [0.717, 1.165) is 26.9 Å². The molecule has 0 saturated carbocycles. The van der Waals surface area contributed by atoms with E-state index in [9.17, 15) is 5.11 Å². The fraction of sp³-hybridized carbons (Fsp3) is 0.429. The molecule has 2 rings (SSSR count). The average Bonchev–Trinajstić information content (AvgIpc) is 2.70. The lowest BCUT2D eigenvalue weighted by Crippen LogP contribution is -2.29. The first-order chi connectivity index (χ1) is 13.6. The quantitative estimate of drug-likeness (QED) is 0.241. The van der Waals surface area contributed by atoms with E-state index in [4.69, 9.17) is 25.8 Å². The maximum Gasteiger partial charge on any atom is 0.189 e. The highest BCUT2D eigenvalue weighted by molar-refractivity contribution is 14.1. The molecule has 0 heterocycles. The van der Waals surface area contributed by atoms with Gasteiger partial charge in [-0.05, 0) is 46.7 Å². The average molecular weight is 520 g/mol. The summed E-state index contributed by atoms with van der Waals surface area (Å²) in [4.78, 5) is 0. The molecule has 0 spiro atoms. The number of hydrogen-bond acceptors (Lipinski definition) is 5. The third-order valence-corrected chi connectivity index (χ3v) is 5.35. The van der Waals surface area contributed by atoms with Crippen molar-refractivity contribution in [3.8, 4) is 5.75 Å². The van der Waals surface area contributed by atoms with Crippen molar-refractivity contribution >= 4 is 34.2 Å². The molecule has 5 nitrogen and oxygen atoms in total. The smallest absolute Gasteiger partial charge is 0.189 e. The van der Waals surface area contributed by atoms with E-state index in [1.54, 1.807) is 7.11 Å². The summed E-state index contributed by atoms with van der Waals surface area (Å²) in [7, 11) is 1.63. The van der Waals surface area contributed by atoms with Gasteiger partial charge in [-0.3, -0.25) is 0 Å². The van der Waals surface area contributed by atoms with Gasteiger partial charge in [-0.1, -0.05) is 48.9 Å². The second-order valence-electron chi connectivity index (χ2n) is 6.24. The molecule has 0 bridgehead atoms. The van der Waals surface area contributed by atoms with Crippen molar-refractivity contribution < 1.29 is 19.3 Å². The number of benzene rings is 2. The van der Waals surface area contributed by atoms with Gasteiger partial charge in [0.25, 0.3) is 0 Å². The molecule has 28 heavy (non-hydrogen) atoms. The monoisotopic (exact) mass is 519 g/mol. The van der Waals surface area contributed by atoms with Crippen molar-refractivity contribution in [2.45, 2.75) is 25.4 Å². The van der Waals surface area contributed by atoms with Crippen molar-refractivity contribution in [3.63, 3.8) is 0 Å². The normalized spacial score (nSPS) is 13.3. The molecular weight excluding hydrogens is 493 g/mol. The van der Waals surface area contributed by atoms with Gasteiger partial charge in [-0.15, -0.1) is 0 Å². The lowest BCUT2D eigenvalue weighted by Gasteiger charge is -2.27. The fourth-order valence-corrected chi connectivity index (χ4v) is 4.12. The third kappa shape index (κ3) is 6.86. The number of halogens is 2. The van der Waals surface area contributed by atoms with Crippen molar-refractivity contribution in [1.29, 1.82) is 0 Å². The number of methoxy groups -OCH3 is 1. The van der Waals surface area contributed by atoms with E-state index in [-0.39, 0.29) is 25.5 Å². The van der Waals surface area contributed by atoms with Gasteiger partial charge in [0.2, 0.25) is 0 Å². The minimum absolute atomic E-state index is 0.00547. The maximum absolute atomic E-state index is 9.92. The number of rotatable bonds is 12. The van der Waals surface area contributed by atoms with Crippen LogP contribution < -0.4 is 10.1 Å². The molecule has 2 N–H and O–H groups in total. The molecule has 0 fully saturated rings. The number of ether oxygens (including phenoxy) is 3. The van der Waals surface area contributed by atoms with Crippen LogP contribution in [-0.4, -0.2) is 38.8 Å². The van der Waals surface area contributed by atoms with Crippen LogP contribution in [0.5, 0.6) is 5.75 Å². The Morgan fingerprint density at radius 2 is 1.89 bits per heavy atom. The Labute approximate surface area is 185 Å². The van der Waals surface area contributed by atoms with E-state index in [2.05, 4.69) is 34.8 Å². The zero-order chi connectivity index (χ0) is 20.4. The van der Waals surface area contributed by atoms with Gasteiger partial charge in [0, 0.05) is 23.7 Å². The zero-order valence-electron chi connectivity index (χ0n) is 16.2. The molecule has 0 amide bonds. The Morgan fingerprint density at radius 3 is 2.54 bits per heavy atom. The van der Waals surface area contributed by atoms with Crippen LogP contribution in [0.15, 0.2) is 42.5 Å². The highest BCUT2D eigenvalue weighted by atomic mass is 127. The molecule has 0 aliphatic carbocycles. The fourth-order valence-electron chi connectivity index (χ4n) is 2.90. The SMILES string of the molecule is CCC(N[C@@H](CO)c1ccccc1)c1cc(Cl)cc(I)c1OCOCCOC. The summed E-state index contributed by atoms with van der Waals surface area (Å²) in [6.07, 6.45) is 0.806. The standard InChI is InChI=1S/C21H27ClINO4/c1-3-19(24-20(13-25)15-7-5-4-6-8-15)17-11-16(22)12-18(23)21(17)28-14-27-10-9-26-2/h4-8,11-12,19-20,24-25H,3,9-10,13-14H2,1-2H3/t19?,20-/m0/s1. The number of aliphatic hydroxyl groups is 1. The summed E-state index contributed by atoms with van der Waals surface area (Å²) in [5.74, 6) is 0.742. The van der Waals surface area contributed by atoms with Crippen molar-refractivity contribution in [1.82, 2.24) is 5.32 Å². The van der Waals surface area contributed by atoms with Crippen LogP contribution in [0.4, 0.5) is 0 Å². The molecule has 0 saturated heterocycles. The van der Waals surface area contributed by atoms with E-state index in [0.29, 0.717) is 18.2 Å². The summed E-state index contributed by atoms with van der Waals surface area (Å²) >= 11 is 8.55. The van der Waals surface area contributed by atoms with Crippen LogP contribution >= 0.6 is 34.2 Å². The Kier molecular flexibility index (Phi) is 10.5. The van der Waals surface area contributed by atoms with Gasteiger partial charge >= 0.3 is 0 Å². The van der Waals surface area contributed by atoms with Crippen LogP contribution in [0, 0.1) is 3.57 Å².